The van der Waals surface area contributed by atoms with Crippen LogP contribution in [0.15, 0.2) is 23.3 Å². The molecule has 0 spiro atoms. The Balaban J connectivity index is 0.00000364. The molecular formula is C17H26F3IN4O2. The number of alkyl halides is 3. The Kier molecular flexibility index (Phi) is 10.1. The lowest BCUT2D eigenvalue weighted by Gasteiger charge is -2.24. The van der Waals surface area contributed by atoms with Crippen molar-refractivity contribution in [3.63, 3.8) is 0 Å². The van der Waals surface area contributed by atoms with E-state index < -0.39 is 12.8 Å². The lowest BCUT2D eigenvalue weighted by molar-refractivity contribution is -0.154. The van der Waals surface area contributed by atoms with E-state index in [0.717, 1.165) is 26.2 Å². The SMILES string of the molecule is CCNC(=NCc1cccnc1OCC(F)(F)F)N(C)CC1CCOC1.I. The van der Waals surface area contributed by atoms with E-state index in [1.165, 1.54) is 6.20 Å². The number of ether oxygens (including phenoxy) is 2. The van der Waals surface area contributed by atoms with Crippen molar-refractivity contribution in [3.8, 4) is 5.88 Å². The van der Waals surface area contributed by atoms with Crippen LogP contribution in [-0.4, -0.2) is 62.0 Å². The molecule has 27 heavy (non-hydrogen) atoms. The van der Waals surface area contributed by atoms with Crippen molar-refractivity contribution in [1.29, 1.82) is 0 Å². The normalized spacial score (nSPS) is 17.4. The molecule has 0 aliphatic carbocycles. The molecule has 1 aliphatic heterocycles. The molecule has 1 atom stereocenters. The summed E-state index contributed by atoms with van der Waals surface area (Å²) < 4.78 is 47.3. The molecule has 1 fully saturated rings. The summed E-state index contributed by atoms with van der Waals surface area (Å²) in [6.07, 6.45) is -1.99. The van der Waals surface area contributed by atoms with Gasteiger partial charge in [-0.1, -0.05) is 6.07 Å². The summed E-state index contributed by atoms with van der Waals surface area (Å²) in [5.74, 6) is 1.09. The number of pyridine rings is 1. The largest absolute Gasteiger partial charge is 0.468 e. The van der Waals surface area contributed by atoms with Crippen molar-refractivity contribution in [3.05, 3.63) is 23.9 Å². The zero-order chi connectivity index (χ0) is 19.0. The summed E-state index contributed by atoms with van der Waals surface area (Å²) in [6.45, 7) is 3.77. The number of aromatic nitrogens is 1. The first-order chi connectivity index (χ1) is 12.4. The van der Waals surface area contributed by atoms with Gasteiger partial charge in [0, 0.05) is 44.4 Å². The van der Waals surface area contributed by atoms with Gasteiger partial charge in [-0.3, -0.25) is 0 Å². The van der Waals surface area contributed by atoms with E-state index in [2.05, 4.69) is 15.3 Å². The van der Waals surface area contributed by atoms with E-state index in [-0.39, 0.29) is 36.4 Å². The standard InChI is InChI=1S/C17H25F3N4O2.HI/c1-3-21-16(24(2)10-13-6-8-25-11-13)23-9-14-5-4-7-22-15(14)26-12-17(18,19)20;/h4-5,7,13H,3,6,8-12H2,1-2H3,(H,21,23);1H. The number of aliphatic imine (C=N–C) groups is 1. The third kappa shape index (κ3) is 8.50. The van der Waals surface area contributed by atoms with Crippen LogP contribution >= 0.6 is 24.0 Å². The minimum absolute atomic E-state index is 0. The van der Waals surface area contributed by atoms with Gasteiger partial charge in [-0.25, -0.2) is 9.98 Å². The molecule has 0 bridgehead atoms. The average Bonchev–Trinajstić information content (AvgIpc) is 3.09. The number of nitrogens with one attached hydrogen (secondary N) is 1. The summed E-state index contributed by atoms with van der Waals surface area (Å²) >= 11 is 0. The molecule has 1 unspecified atom stereocenters. The van der Waals surface area contributed by atoms with Crippen LogP contribution in [0.5, 0.6) is 5.88 Å². The molecule has 2 rings (SSSR count). The molecular weight excluding hydrogens is 476 g/mol. The molecule has 1 N–H and O–H groups in total. The first-order valence-electron chi connectivity index (χ1n) is 8.59. The molecule has 6 nitrogen and oxygen atoms in total. The van der Waals surface area contributed by atoms with E-state index in [1.807, 2.05) is 18.9 Å². The fourth-order valence-electron chi connectivity index (χ4n) is 2.66. The zero-order valence-electron chi connectivity index (χ0n) is 15.5. The maximum absolute atomic E-state index is 12.4. The molecule has 1 aromatic rings. The van der Waals surface area contributed by atoms with Crippen molar-refractivity contribution in [2.24, 2.45) is 10.9 Å². The van der Waals surface area contributed by atoms with E-state index in [9.17, 15) is 13.2 Å². The van der Waals surface area contributed by atoms with Crippen LogP contribution in [0.25, 0.3) is 0 Å². The van der Waals surface area contributed by atoms with Gasteiger partial charge in [0.1, 0.15) is 0 Å². The lowest BCUT2D eigenvalue weighted by atomic mass is 10.1. The van der Waals surface area contributed by atoms with Gasteiger partial charge in [0.25, 0.3) is 0 Å². The predicted octanol–water partition coefficient (Wildman–Crippen LogP) is 3.07. The summed E-state index contributed by atoms with van der Waals surface area (Å²) in [6, 6.07) is 3.31. The van der Waals surface area contributed by atoms with Gasteiger partial charge in [0.2, 0.25) is 5.88 Å². The van der Waals surface area contributed by atoms with Gasteiger partial charge >= 0.3 is 6.18 Å². The average molecular weight is 502 g/mol. The number of hydrogen-bond acceptors (Lipinski definition) is 4. The third-order valence-corrected chi connectivity index (χ3v) is 3.87. The molecule has 0 radical (unpaired) electrons. The Morgan fingerprint density at radius 3 is 2.89 bits per heavy atom. The second-order valence-corrected chi connectivity index (χ2v) is 6.15. The number of nitrogens with zero attached hydrogens (tertiary/aromatic N) is 3. The molecule has 1 saturated heterocycles. The minimum Gasteiger partial charge on any atom is -0.468 e. The van der Waals surface area contributed by atoms with Gasteiger partial charge in [-0.2, -0.15) is 13.2 Å². The summed E-state index contributed by atoms with van der Waals surface area (Å²) in [5, 5.41) is 3.20. The van der Waals surface area contributed by atoms with Crippen LogP contribution in [0, 0.1) is 5.92 Å². The molecule has 0 amide bonds. The van der Waals surface area contributed by atoms with Crippen LogP contribution in [0.1, 0.15) is 18.9 Å². The van der Waals surface area contributed by atoms with E-state index in [4.69, 9.17) is 9.47 Å². The highest BCUT2D eigenvalue weighted by Crippen LogP contribution is 2.20. The Morgan fingerprint density at radius 2 is 2.26 bits per heavy atom. The molecule has 154 valence electrons. The van der Waals surface area contributed by atoms with E-state index in [1.54, 1.807) is 12.1 Å². The first-order valence-corrected chi connectivity index (χ1v) is 8.59. The molecule has 2 heterocycles. The molecule has 1 aliphatic rings. The summed E-state index contributed by atoms with van der Waals surface area (Å²) in [4.78, 5) is 10.4. The highest BCUT2D eigenvalue weighted by Gasteiger charge is 2.29. The summed E-state index contributed by atoms with van der Waals surface area (Å²) in [5.41, 5.74) is 0.504. The maximum atomic E-state index is 12.4. The second kappa shape index (κ2) is 11.5. The molecule has 0 aromatic carbocycles. The van der Waals surface area contributed by atoms with Gasteiger partial charge in [-0.15, -0.1) is 24.0 Å². The zero-order valence-corrected chi connectivity index (χ0v) is 17.8. The monoisotopic (exact) mass is 502 g/mol. The summed E-state index contributed by atoms with van der Waals surface area (Å²) in [7, 11) is 1.93. The van der Waals surface area contributed by atoms with Crippen LogP contribution < -0.4 is 10.1 Å². The maximum Gasteiger partial charge on any atom is 0.422 e. The highest BCUT2D eigenvalue weighted by molar-refractivity contribution is 14.0. The molecule has 0 saturated carbocycles. The number of rotatable bonds is 7. The topological polar surface area (TPSA) is 59.0 Å². The van der Waals surface area contributed by atoms with Crippen LogP contribution in [0.3, 0.4) is 0 Å². The van der Waals surface area contributed by atoms with Crippen LogP contribution in [0.2, 0.25) is 0 Å². The van der Waals surface area contributed by atoms with Gasteiger partial charge in [0.05, 0.1) is 13.2 Å². The van der Waals surface area contributed by atoms with Crippen molar-refractivity contribution in [1.82, 2.24) is 15.2 Å². The molecule has 10 heteroatoms. The Bertz CT molecular complexity index is 596. The number of hydrogen-bond donors (Lipinski definition) is 1. The second-order valence-electron chi connectivity index (χ2n) is 6.15. The fraction of sp³-hybridized carbons (Fsp3) is 0.647. The minimum atomic E-state index is -4.41. The molecule has 1 aromatic heterocycles. The van der Waals surface area contributed by atoms with Crippen molar-refractivity contribution in [2.45, 2.75) is 26.1 Å². The van der Waals surface area contributed by atoms with Gasteiger partial charge in [0.15, 0.2) is 12.6 Å². The first kappa shape index (κ1) is 23.7. The van der Waals surface area contributed by atoms with E-state index in [0.29, 0.717) is 24.0 Å². The van der Waals surface area contributed by atoms with Gasteiger partial charge in [-0.05, 0) is 19.4 Å². The highest BCUT2D eigenvalue weighted by atomic mass is 127. The Labute approximate surface area is 174 Å². The Hall–Kier alpha value is -1.30. The van der Waals surface area contributed by atoms with Gasteiger partial charge < -0.3 is 19.7 Å². The van der Waals surface area contributed by atoms with Crippen molar-refractivity contribution < 1.29 is 22.6 Å². The predicted molar refractivity (Wildman–Crippen MR) is 108 cm³/mol. The van der Waals surface area contributed by atoms with Crippen LogP contribution in [-0.2, 0) is 11.3 Å². The van der Waals surface area contributed by atoms with E-state index >= 15 is 0 Å². The van der Waals surface area contributed by atoms with Crippen molar-refractivity contribution >= 4 is 29.9 Å². The lowest BCUT2D eigenvalue weighted by Crippen LogP contribution is -2.41. The van der Waals surface area contributed by atoms with Crippen LogP contribution in [0.4, 0.5) is 13.2 Å². The fourth-order valence-corrected chi connectivity index (χ4v) is 2.66. The quantitative estimate of drug-likeness (QED) is 0.353. The number of guanidine groups is 1. The van der Waals surface area contributed by atoms with Crippen molar-refractivity contribution in [2.75, 3.05) is 40.0 Å². The smallest absolute Gasteiger partial charge is 0.422 e. The number of halogens is 4. The Morgan fingerprint density at radius 1 is 1.48 bits per heavy atom. The third-order valence-electron chi connectivity index (χ3n) is 3.87.